The second-order valence-corrected chi connectivity index (χ2v) is 7.25. The van der Waals surface area contributed by atoms with E-state index in [-0.39, 0.29) is 6.10 Å². The van der Waals surface area contributed by atoms with Crippen LogP contribution in [0.3, 0.4) is 0 Å². The molecule has 1 aromatic carbocycles. The monoisotopic (exact) mass is 351 g/mol. The molecule has 0 aliphatic carbocycles. The fourth-order valence-corrected chi connectivity index (χ4v) is 3.70. The number of thioether (sulfide) groups is 1. The quantitative estimate of drug-likeness (QED) is 0.557. The predicted octanol–water partition coefficient (Wildman–Crippen LogP) is 2.91. The van der Waals surface area contributed by atoms with Crippen LogP contribution < -0.4 is 20.1 Å². The molecule has 1 aliphatic heterocycles. The summed E-state index contributed by atoms with van der Waals surface area (Å²) in [6, 6.07) is 7.63. The van der Waals surface area contributed by atoms with Gasteiger partial charge in [0, 0.05) is 18.3 Å². The van der Waals surface area contributed by atoms with Gasteiger partial charge in [-0.3, -0.25) is 0 Å². The number of rotatable bonds is 8. The Hall–Kier alpha value is -1.56. The zero-order valence-electron chi connectivity index (χ0n) is 14.9. The van der Waals surface area contributed by atoms with E-state index in [1.54, 1.807) is 7.11 Å². The second kappa shape index (κ2) is 10.3. The summed E-state index contributed by atoms with van der Waals surface area (Å²) in [7, 11) is 1.66. The average molecular weight is 352 g/mol. The van der Waals surface area contributed by atoms with Gasteiger partial charge in [0.25, 0.3) is 0 Å². The Morgan fingerprint density at radius 3 is 2.67 bits per heavy atom. The third-order valence-corrected chi connectivity index (χ3v) is 5.17. The van der Waals surface area contributed by atoms with Gasteiger partial charge in [-0.15, -0.1) is 0 Å². The number of guanidine groups is 1. The maximum atomic E-state index is 5.90. The highest BCUT2D eigenvalue weighted by Gasteiger charge is 2.15. The molecule has 0 bridgehead atoms. The van der Waals surface area contributed by atoms with Crippen LogP contribution >= 0.6 is 11.8 Å². The van der Waals surface area contributed by atoms with Gasteiger partial charge in [-0.25, -0.2) is 4.99 Å². The number of benzene rings is 1. The van der Waals surface area contributed by atoms with Gasteiger partial charge in [-0.05, 0) is 56.7 Å². The molecule has 6 heteroatoms. The SMILES string of the molecule is CCNC(=NCC(C)Oc1ccc(OC)cc1)NCC1CCCS1. The lowest BCUT2D eigenvalue weighted by Gasteiger charge is -2.16. The standard InChI is InChI=1S/C18H29N3O2S/c1-4-19-18(21-13-17-6-5-11-24-17)20-12-14(2)23-16-9-7-15(22-3)8-10-16/h7-10,14,17H,4-6,11-13H2,1-3H3,(H2,19,20,21). The molecule has 2 atom stereocenters. The molecule has 0 radical (unpaired) electrons. The van der Waals surface area contributed by atoms with E-state index in [4.69, 9.17) is 9.47 Å². The van der Waals surface area contributed by atoms with Crippen molar-refractivity contribution in [3.63, 3.8) is 0 Å². The summed E-state index contributed by atoms with van der Waals surface area (Å²) >= 11 is 2.05. The van der Waals surface area contributed by atoms with E-state index < -0.39 is 0 Å². The molecule has 1 fully saturated rings. The summed E-state index contributed by atoms with van der Waals surface area (Å²) in [6.45, 7) is 6.56. The van der Waals surface area contributed by atoms with Crippen LogP contribution in [-0.4, -0.2) is 49.8 Å². The average Bonchev–Trinajstić information content (AvgIpc) is 3.11. The Balaban J connectivity index is 1.79. The van der Waals surface area contributed by atoms with Crippen LogP contribution in [0, 0.1) is 0 Å². The first-order chi connectivity index (χ1) is 11.7. The highest BCUT2D eigenvalue weighted by molar-refractivity contribution is 8.00. The first-order valence-corrected chi connectivity index (χ1v) is 9.70. The molecule has 2 rings (SSSR count). The van der Waals surface area contributed by atoms with E-state index >= 15 is 0 Å². The number of nitrogens with one attached hydrogen (secondary N) is 2. The van der Waals surface area contributed by atoms with E-state index in [1.165, 1.54) is 18.6 Å². The lowest BCUT2D eigenvalue weighted by molar-refractivity contribution is 0.230. The van der Waals surface area contributed by atoms with Crippen LogP contribution in [0.5, 0.6) is 11.5 Å². The lowest BCUT2D eigenvalue weighted by Crippen LogP contribution is -2.40. The zero-order chi connectivity index (χ0) is 17.2. The van der Waals surface area contributed by atoms with Gasteiger partial charge >= 0.3 is 0 Å². The molecule has 1 aromatic rings. The van der Waals surface area contributed by atoms with Crippen molar-refractivity contribution in [3.8, 4) is 11.5 Å². The van der Waals surface area contributed by atoms with E-state index in [0.717, 1.165) is 30.5 Å². The number of aliphatic imine (C=N–C) groups is 1. The Morgan fingerprint density at radius 2 is 2.04 bits per heavy atom. The minimum atomic E-state index is 0.00899. The van der Waals surface area contributed by atoms with Crippen molar-refractivity contribution in [3.05, 3.63) is 24.3 Å². The molecular weight excluding hydrogens is 322 g/mol. The highest BCUT2D eigenvalue weighted by atomic mass is 32.2. The molecular formula is C18H29N3O2S. The number of hydrogen-bond acceptors (Lipinski definition) is 4. The molecule has 5 nitrogen and oxygen atoms in total. The fourth-order valence-electron chi connectivity index (χ4n) is 2.50. The van der Waals surface area contributed by atoms with Gasteiger partial charge in [0.15, 0.2) is 5.96 Å². The van der Waals surface area contributed by atoms with Crippen molar-refractivity contribution >= 4 is 17.7 Å². The molecule has 1 heterocycles. The van der Waals surface area contributed by atoms with Gasteiger partial charge in [0.2, 0.25) is 0 Å². The summed E-state index contributed by atoms with van der Waals surface area (Å²) in [5.41, 5.74) is 0. The third-order valence-electron chi connectivity index (χ3n) is 3.77. The summed E-state index contributed by atoms with van der Waals surface area (Å²) in [5, 5.41) is 7.45. The van der Waals surface area contributed by atoms with E-state index in [2.05, 4.69) is 34.3 Å². The summed E-state index contributed by atoms with van der Waals surface area (Å²) < 4.78 is 11.1. The van der Waals surface area contributed by atoms with Crippen LogP contribution in [0.1, 0.15) is 26.7 Å². The Labute approximate surface area is 149 Å². The first kappa shape index (κ1) is 18.8. The van der Waals surface area contributed by atoms with Gasteiger partial charge in [0.05, 0.1) is 13.7 Å². The van der Waals surface area contributed by atoms with Crippen molar-refractivity contribution < 1.29 is 9.47 Å². The molecule has 1 aliphatic rings. The number of methoxy groups -OCH3 is 1. The maximum Gasteiger partial charge on any atom is 0.191 e. The molecule has 2 unspecified atom stereocenters. The Morgan fingerprint density at radius 1 is 1.29 bits per heavy atom. The van der Waals surface area contributed by atoms with Crippen LogP contribution in [0.15, 0.2) is 29.3 Å². The van der Waals surface area contributed by atoms with Crippen LogP contribution in [0.25, 0.3) is 0 Å². The predicted molar refractivity (Wildman–Crippen MR) is 103 cm³/mol. The molecule has 0 amide bonds. The molecule has 0 spiro atoms. The highest BCUT2D eigenvalue weighted by Crippen LogP contribution is 2.25. The van der Waals surface area contributed by atoms with Gasteiger partial charge in [0.1, 0.15) is 17.6 Å². The number of hydrogen-bond donors (Lipinski definition) is 2. The van der Waals surface area contributed by atoms with Crippen molar-refractivity contribution in [1.82, 2.24) is 10.6 Å². The largest absolute Gasteiger partial charge is 0.497 e. The summed E-state index contributed by atoms with van der Waals surface area (Å²) in [4.78, 5) is 4.64. The van der Waals surface area contributed by atoms with E-state index in [9.17, 15) is 0 Å². The van der Waals surface area contributed by atoms with Crippen molar-refractivity contribution in [2.75, 3.05) is 32.5 Å². The van der Waals surface area contributed by atoms with Gasteiger partial charge in [-0.1, -0.05) is 0 Å². The van der Waals surface area contributed by atoms with Gasteiger partial charge in [-0.2, -0.15) is 11.8 Å². The van der Waals surface area contributed by atoms with Crippen LogP contribution in [0.4, 0.5) is 0 Å². The zero-order valence-corrected chi connectivity index (χ0v) is 15.7. The minimum Gasteiger partial charge on any atom is -0.497 e. The summed E-state index contributed by atoms with van der Waals surface area (Å²) in [5.74, 6) is 3.82. The minimum absolute atomic E-state index is 0.00899. The molecule has 2 N–H and O–H groups in total. The Kier molecular flexibility index (Phi) is 8.08. The van der Waals surface area contributed by atoms with Crippen LogP contribution in [0.2, 0.25) is 0 Å². The molecule has 134 valence electrons. The second-order valence-electron chi connectivity index (χ2n) is 5.84. The third kappa shape index (κ3) is 6.51. The topological polar surface area (TPSA) is 54.9 Å². The van der Waals surface area contributed by atoms with Gasteiger partial charge < -0.3 is 20.1 Å². The number of ether oxygens (including phenoxy) is 2. The van der Waals surface area contributed by atoms with E-state index in [1.807, 2.05) is 31.2 Å². The van der Waals surface area contributed by atoms with Crippen LogP contribution in [-0.2, 0) is 0 Å². The normalized spacial score (nSPS) is 19.0. The molecule has 24 heavy (non-hydrogen) atoms. The molecule has 0 saturated carbocycles. The van der Waals surface area contributed by atoms with E-state index in [0.29, 0.717) is 11.8 Å². The van der Waals surface area contributed by atoms with Crippen molar-refractivity contribution in [1.29, 1.82) is 0 Å². The number of nitrogens with zero attached hydrogens (tertiary/aromatic N) is 1. The molecule has 0 aromatic heterocycles. The fraction of sp³-hybridized carbons (Fsp3) is 0.611. The summed E-state index contributed by atoms with van der Waals surface area (Å²) in [6.07, 6.45) is 2.64. The first-order valence-electron chi connectivity index (χ1n) is 8.65. The lowest BCUT2D eigenvalue weighted by atomic mass is 10.2. The maximum absolute atomic E-state index is 5.90. The molecule has 1 saturated heterocycles. The smallest absolute Gasteiger partial charge is 0.191 e. The Bertz CT molecular complexity index is 501. The van der Waals surface area contributed by atoms with Crippen molar-refractivity contribution in [2.45, 2.75) is 38.0 Å². The van der Waals surface area contributed by atoms with Crippen molar-refractivity contribution in [2.24, 2.45) is 4.99 Å².